The quantitative estimate of drug-likeness (QED) is 0.544. The molecule has 2 N–H and O–H groups in total. The molecule has 0 bridgehead atoms. The van der Waals surface area contributed by atoms with Crippen molar-refractivity contribution in [2.24, 2.45) is 5.92 Å². The number of benzene rings is 1. The van der Waals surface area contributed by atoms with Gasteiger partial charge in [-0.25, -0.2) is 9.59 Å². The molecule has 1 rings (SSSR count). The van der Waals surface area contributed by atoms with Crippen LogP contribution in [0.15, 0.2) is 43.0 Å². The van der Waals surface area contributed by atoms with Gasteiger partial charge in [-0.15, -0.1) is 0 Å². The Morgan fingerprint density at radius 1 is 1.23 bits per heavy atom. The Morgan fingerprint density at radius 3 is 2.35 bits per heavy atom. The zero-order chi connectivity index (χ0) is 19.7. The number of esters is 1. The Morgan fingerprint density at radius 2 is 1.85 bits per heavy atom. The highest BCUT2D eigenvalue weighted by Crippen LogP contribution is 2.16. The zero-order valence-corrected chi connectivity index (χ0v) is 15.2. The third-order valence-electron chi connectivity index (χ3n) is 3.29. The highest BCUT2D eigenvalue weighted by atomic mass is 16.6. The fraction of sp³-hybridized carbons (Fsp3) is 0.421. The van der Waals surface area contributed by atoms with Crippen molar-refractivity contribution in [3.8, 4) is 0 Å². The van der Waals surface area contributed by atoms with Crippen LogP contribution in [0.2, 0.25) is 0 Å². The molecule has 1 amide bonds. The predicted octanol–water partition coefficient (Wildman–Crippen LogP) is 2.55. The second-order valence-electron chi connectivity index (χ2n) is 6.68. The first-order valence-corrected chi connectivity index (χ1v) is 8.18. The molecule has 26 heavy (non-hydrogen) atoms. The van der Waals surface area contributed by atoms with Crippen LogP contribution < -0.4 is 5.32 Å². The molecule has 1 aromatic rings. The van der Waals surface area contributed by atoms with Crippen LogP contribution in [-0.2, 0) is 25.5 Å². The summed E-state index contributed by atoms with van der Waals surface area (Å²) in [6.07, 6.45) is 0.507. The standard InChI is InChI=1S/C19H25NO6/c1-5-11-25-17(23)15(20-18(24)26-19(2,3)4)14(16(21)22)12-13-9-7-6-8-10-13/h5-10,14-15H,1,11-12H2,2-4H3,(H,20,24)(H,21,22)/t14?,15-/m0/s1. The van der Waals surface area contributed by atoms with Crippen molar-refractivity contribution in [3.63, 3.8) is 0 Å². The van der Waals surface area contributed by atoms with E-state index in [2.05, 4.69) is 11.9 Å². The molecule has 0 heterocycles. The lowest BCUT2D eigenvalue weighted by molar-refractivity contribution is -0.153. The molecule has 0 fully saturated rings. The van der Waals surface area contributed by atoms with E-state index in [1.807, 2.05) is 0 Å². The van der Waals surface area contributed by atoms with E-state index in [0.717, 1.165) is 0 Å². The second-order valence-corrected chi connectivity index (χ2v) is 6.68. The van der Waals surface area contributed by atoms with Crippen molar-refractivity contribution in [1.29, 1.82) is 0 Å². The van der Waals surface area contributed by atoms with Gasteiger partial charge in [-0.1, -0.05) is 43.0 Å². The monoisotopic (exact) mass is 363 g/mol. The molecule has 0 spiro atoms. The Hall–Kier alpha value is -2.83. The van der Waals surface area contributed by atoms with E-state index in [1.165, 1.54) is 6.08 Å². The molecule has 2 atom stereocenters. The van der Waals surface area contributed by atoms with Crippen molar-refractivity contribution in [2.75, 3.05) is 6.61 Å². The number of ether oxygens (including phenoxy) is 2. The summed E-state index contributed by atoms with van der Waals surface area (Å²) >= 11 is 0. The maximum atomic E-state index is 12.3. The van der Waals surface area contributed by atoms with Crippen LogP contribution in [-0.4, -0.2) is 41.4 Å². The molecule has 7 heteroatoms. The van der Waals surface area contributed by atoms with Gasteiger partial charge >= 0.3 is 18.0 Å². The van der Waals surface area contributed by atoms with Gasteiger partial charge in [0.15, 0.2) is 0 Å². The van der Waals surface area contributed by atoms with E-state index in [0.29, 0.717) is 5.56 Å². The minimum atomic E-state index is -1.40. The summed E-state index contributed by atoms with van der Waals surface area (Å²) in [4.78, 5) is 36.2. The minimum Gasteiger partial charge on any atom is -0.481 e. The first-order valence-electron chi connectivity index (χ1n) is 8.18. The number of aliphatic carboxylic acids is 1. The third-order valence-corrected chi connectivity index (χ3v) is 3.29. The van der Waals surface area contributed by atoms with Gasteiger partial charge in [0.2, 0.25) is 0 Å². The fourth-order valence-corrected chi connectivity index (χ4v) is 2.20. The number of nitrogens with one attached hydrogen (secondary N) is 1. The Labute approximate surface area is 153 Å². The molecule has 0 saturated carbocycles. The summed E-state index contributed by atoms with van der Waals surface area (Å²) in [5.41, 5.74) is -0.0787. The highest BCUT2D eigenvalue weighted by molar-refractivity contribution is 5.87. The minimum absolute atomic E-state index is 0.0415. The Bertz CT molecular complexity index is 635. The van der Waals surface area contributed by atoms with Crippen LogP contribution in [0.3, 0.4) is 0 Å². The molecule has 0 aliphatic carbocycles. The average molecular weight is 363 g/mol. The van der Waals surface area contributed by atoms with E-state index in [-0.39, 0.29) is 13.0 Å². The molecule has 0 radical (unpaired) electrons. The van der Waals surface area contributed by atoms with Crippen LogP contribution in [0, 0.1) is 5.92 Å². The van der Waals surface area contributed by atoms with Gasteiger partial charge in [-0.3, -0.25) is 4.79 Å². The Kier molecular flexibility index (Phi) is 7.83. The molecule has 1 aromatic carbocycles. The number of rotatable bonds is 8. The summed E-state index contributed by atoms with van der Waals surface area (Å²) in [5.74, 6) is -3.31. The number of hydrogen-bond donors (Lipinski definition) is 2. The normalized spacial score (nSPS) is 13.2. The van der Waals surface area contributed by atoms with Crippen LogP contribution in [0.5, 0.6) is 0 Å². The summed E-state index contributed by atoms with van der Waals surface area (Å²) in [6, 6.07) is 7.42. The Balaban J connectivity index is 3.04. The lowest BCUT2D eigenvalue weighted by Crippen LogP contribution is -2.51. The van der Waals surface area contributed by atoms with Gasteiger partial charge in [0.25, 0.3) is 0 Å². The van der Waals surface area contributed by atoms with E-state index >= 15 is 0 Å². The van der Waals surface area contributed by atoms with E-state index in [9.17, 15) is 19.5 Å². The number of carboxylic acids is 1. The fourth-order valence-electron chi connectivity index (χ4n) is 2.20. The SMILES string of the molecule is C=CCOC(=O)[C@@H](NC(=O)OC(C)(C)C)C(Cc1ccccc1)C(=O)O. The maximum absolute atomic E-state index is 12.3. The van der Waals surface area contributed by atoms with Gasteiger partial charge in [0.1, 0.15) is 18.2 Å². The predicted molar refractivity (Wildman–Crippen MR) is 95.6 cm³/mol. The molecule has 0 aliphatic rings. The average Bonchev–Trinajstić information content (AvgIpc) is 2.54. The van der Waals surface area contributed by atoms with Crippen molar-refractivity contribution in [2.45, 2.75) is 38.8 Å². The smallest absolute Gasteiger partial charge is 0.408 e. The largest absolute Gasteiger partial charge is 0.481 e. The first-order chi connectivity index (χ1) is 12.1. The number of alkyl carbamates (subject to hydrolysis) is 1. The van der Waals surface area contributed by atoms with Gasteiger partial charge < -0.3 is 19.9 Å². The molecule has 0 aliphatic heterocycles. The van der Waals surface area contributed by atoms with Crippen molar-refractivity contribution >= 4 is 18.0 Å². The number of carbonyl (C=O) groups is 3. The lowest BCUT2D eigenvalue weighted by atomic mass is 9.92. The van der Waals surface area contributed by atoms with Gasteiger partial charge in [-0.05, 0) is 32.8 Å². The van der Waals surface area contributed by atoms with Crippen molar-refractivity contribution in [3.05, 3.63) is 48.6 Å². The van der Waals surface area contributed by atoms with Crippen LogP contribution in [0.25, 0.3) is 0 Å². The molecular formula is C19H25NO6. The second kappa shape index (κ2) is 9.60. The first kappa shape index (κ1) is 21.2. The van der Waals surface area contributed by atoms with Crippen LogP contribution >= 0.6 is 0 Å². The van der Waals surface area contributed by atoms with E-state index in [4.69, 9.17) is 9.47 Å². The zero-order valence-electron chi connectivity index (χ0n) is 15.2. The third kappa shape index (κ3) is 7.38. The lowest BCUT2D eigenvalue weighted by Gasteiger charge is -2.26. The van der Waals surface area contributed by atoms with Crippen molar-refractivity contribution < 1.29 is 29.0 Å². The van der Waals surface area contributed by atoms with E-state index in [1.54, 1.807) is 51.1 Å². The van der Waals surface area contributed by atoms with Gasteiger partial charge in [0.05, 0.1) is 5.92 Å². The number of carbonyl (C=O) groups excluding carboxylic acids is 2. The molecule has 142 valence electrons. The summed E-state index contributed by atoms with van der Waals surface area (Å²) in [7, 11) is 0. The molecule has 1 unspecified atom stereocenters. The summed E-state index contributed by atoms with van der Waals surface area (Å²) < 4.78 is 10.1. The molecular weight excluding hydrogens is 338 g/mol. The summed E-state index contributed by atoms with van der Waals surface area (Å²) in [5, 5.41) is 11.9. The molecule has 0 saturated heterocycles. The van der Waals surface area contributed by atoms with Gasteiger partial charge in [0, 0.05) is 0 Å². The highest BCUT2D eigenvalue weighted by Gasteiger charge is 2.37. The molecule has 0 aromatic heterocycles. The number of amides is 1. The summed E-state index contributed by atoms with van der Waals surface area (Å²) in [6.45, 7) is 8.34. The molecule has 7 nitrogen and oxygen atoms in total. The maximum Gasteiger partial charge on any atom is 0.408 e. The number of hydrogen-bond acceptors (Lipinski definition) is 5. The van der Waals surface area contributed by atoms with Crippen LogP contribution in [0.4, 0.5) is 4.79 Å². The van der Waals surface area contributed by atoms with Gasteiger partial charge in [-0.2, -0.15) is 0 Å². The topological polar surface area (TPSA) is 102 Å². The number of carboxylic acid groups (broad SMARTS) is 1. The van der Waals surface area contributed by atoms with E-state index < -0.39 is 35.6 Å². The van der Waals surface area contributed by atoms with Crippen molar-refractivity contribution in [1.82, 2.24) is 5.32 Å². The van der Waals surface area contributed by atoms with Crippen LogP contribution in [0.1, 0.15) is 26.3 Å².